The van der Waals surface area contributed by atoms with E-state index in [4.69, 9.17) is 6.48 Å². The fourth-order valence-corrected chi connectivity index (χ4v) is 0.828. The Labute approximate surface area is 72.6 Å². The molecule has 0 aromatic heterocycles. The third kappa shape index (κ3) is 1.75. The van der Waals surface area contributed by atoms with E-state index < -0.39 is 5.97 Å². The average molecular weight is 166 g/mol. The van der Waals surface area contributed by atoms with Crippen LogP contribution >= 0.6 is 0 Å². The first kappa shape index (κ1) is 7.16. The van der Waals surface area contributed by atoms with Crippen molar-refractivity contribution in [3.8, 4) is 0 Å². The summed E-state index contributed by atoms with van der Waals surface area (Å²) in [6.07, 6.45) is 0. The molecule has 1 aromatic carbocycles. The Morgan fingerprint density at radius 3 is 2.58 bits per heavy atom. The van der Waals surface area contributed by atoms with Crippen LogP contribution in [0.1, 0.15) is 11.7 Å². The zero-order valence-electron chi connectivity index (χ0n) is 8.03. The van der Waals surface area contributed by atoms with Crippen molar-refractivity contribution in [1.29, 1.82) is 0 Å². The summed E-state index contributed by atoms with van der Waals surface area (Å²) in [6, 6.07) is 4.70. The van der Waals surface area contributed by atoms with E-state index in [1.807, 2.05) is 14.1 Å². The smallest absolute Gasteiger partial charge is 0.335 e. The van der Waals surface area contributed by atoms with E-state index in [1.54, 1.807) is 11.0 Å². The van der Waals surface area contributed by atoms with Crippen LogP contribution in [0.2, 0.25) is 0 Å². The average Bonchev–Trinajstić information content (AvgIpc) is 2.03. The maximum Gasteiger partial charge on any atom is 0.335 e. The van der Waals surface area contributed by atoms with E-state index in [2.05, 4.69) is 0 Å². The standard InChI is InChI=1S/C9H11NO2/c1-10(2)8-5-3-7(4-6-8)9(11)12/h3-6H,1-2H3,(H,11,12)/i5D. The molecule has 64 valence electrons. The molecule has 0 atom stereocenters. The van der Waals surface area contributed by atoms with Crippen LogP contribution < -0.4 is 4.90 Å². The van der Waals surface area contributed by atoms with Crippen molar-refractivity contribution in [2.24, 2.45) is 0 Å². The largest absolute Gasteiger partial charge is 0.478 e. The van der Waals surface area contributed by atoms with Crippen LogP contribution in [0.3, 0.4) is 0 Å². The quantitative estimate of drug-likeness (QED) is 0.722. The van der Waals surface area contributed by atoms with Gasteiger partial charge in [0.1, 0.15) is 0 Å². The number of hydrogen-bond acceptors (Lipinski definition) is 2. The highest BCUT2D eigenvalue weighted by atomic mass is 16.4. The molecule has 0 aliphatic heterocycles. The molecule has 0 saturated carbocycles. The van der Waals surface area contributed by atoms with Crippen molar-refractivity contribution in [3.63, 3.8) is 0 Å². The molecule has 0 fully saturated rings. The number of benzene rings is 1. The number of carboxylic acid groups (broad SMARTS) is 1. The SMILES string of the molecule is [2H]c1cc(C(=O)O)ccc1N(C)C. The molecule has 1 N–H and O–H groups in total. The van der Waals surface area contributed by atoms with Crippen LogP contribution in [0.15, 0.2) is 24.2 Å². The summed E-state index contributed by atoms with van der Waals surface area (Å²) in [5, 5.41) is 8.64. The fourth-order valence-electron chi connectivity index (χ4n) is 0.828. The Balaban J connectivity index is 3.13. The van der Waals surface area contributed by atoms with E-state index in [9.17, 15) is 4.79 Å². The summed E-state index contributed by atoms with van der Waals surface area (Å²) in [5.74, 6) is -1.00. The molecule has 1 aromatic rings. The van der Waals surface area contributed by atoms with Gasteiger partial charge in [0.15, 0.2) is 0 Å². The first-order valence-electron chi connectivity index (χ1n) is 4.03. The molecule has 0 unspecified atom stereocenters. The number of anilines is 1. The topological polar surface area (TPSA) is 40.5 Å². The molecule has 0 bridgehead atoms. The minimum atomic E-state index is -1.00. The molecular formula is C9H11NO2. The summed E-state index contributed by atoms with van der Waals surface area (Å²) in [5.41, 5.74) is 0.862. The van der Waals surface area contributed by atoms with Gasteiger partial charge in [0.2, 0.25) is 0 Å². The van der Waals surface area contributed by atoms with Crippen LogP contribution in [-0.4, -0.2) is 25.2 Å². The molecule has 1 rings (SSSR count). The summed E-state index contributed by atoms with van der Waals surface area (Å²) in [6.45, 7) is 0. The minimum Gasteiger partial charge on any atom is -0.478 e. The first-order chi connectivity index (χ1) is 6.02. The number of hydrogen-bond donors (Lipinski definition) is 1. The second kappa shape index (κ2) is 3.26. The zero-order chi connectivity index (χ0) is 10.0. The molecule has 0 aliphatic carbocycles. The predicted molar refractivity (Wildman–Crippen MR) is 47.7 cm³/mol. The lowest BCUT2D eigenvalue weighted by Gasteiger charge is -2.11. The van der Waals surface area contributed by atoms with Gasteiger partial charge < -0.3 is 10.0 Å². The highest BCUT2D eigenvalue weighted by Gasteiger charge is 2.01. The van der Waals surface area contributed by atoms with Crippen LogP contribution in [0, 0.1) is 0 Å². The number of carboxylic acids is 1. The number of aromatic carboxylic acids is 1. The Morgan fingerprint density at radius 1 is 1.50 bits per heavy atom. The predicted octanol–water partition coefficient (Wildman–Crippen LogP) is 1.45. The highest BCUT2D eigenvalue weighted by Crippen LogP contribution is 2.11. The fraction of sp³-hybridized carbons (Fsp3) is 0.222. The highest BCUT2D eigenvalue weighted by molar-refractivity contribution is 5.88. The molecule has 0 spiro atoms. The lowest BCUT2D eigenvalue weighted by molar-refractivity contribution is 0.0697. The summed E-state index contributed by atoms with van der Waals surface area (Å²) >= 11 is 0. The summed E-state index contributed by atoms with van der Waals surface area (Å²) in [7, 11) is 3.63. The van der Waals surface area contributed by atoms with Crippen LogP contribution in [0.25, 0.3) is 0 Å². The third-order valence-electron chi connectivity index (χ3n) is 1.53. The van der Waals surface area contributed by atoms with Gasteiger partial charge in [-0.2, -0.15) is 0 Å². The Kier molecular flexibility index (Phi) is 1.94. The van der Waals surface area contributed by atoms with Gasteiger partial charge in [0.05, 0.1) is 6.93 Å². The van der Waals surface area contributed by atoms with Gasteiger partial charge in [-0.3, -0.25) is 0 Å². The molecule has 3 nitrogen and oxygen atoms in total. The molecule has 0 amide bonds. The maximum atomic E-state index is 10.5. The van der Waals surface area contributed by atoms with Crippen LogP contribution in [0.5, 0.6) is 0 Å². The third-order valence-corrected chi connectivity index (χ3v) is 1.53. The maximum absolute atomic E-state index is 10.5. The molecule has 0 saturated heterocycles. The number of carbonyl (C=O) groups is 1. The van der Waals surface area contributed by atoms with Crippen LogP contribution in [0.4, 0.5) is 5.69 Å². The Bertz CT molecular complexity index is 336. The van der Waals surface area contributed by atoms with E-state index >= 15 is 0 Å². The van der Waals surface area contributed by atoms with Crippen molar-refractivity contribution in [2.75, 3.05) is 19.0 Å². The zero-order valence-corrected chi connectivity index (χ0v) is 7.03. The van der Waals surface area contributed by atoms with Gasteiger partial charge in [-0.15, -0.1) is 0 Å². The summed E-state index contributed by atoms with van der Waals surface area (Å²) in [4.78, 5) is 12.3. The van der Waals surface area contributed by atoms with Gasteiger partial charge in [0, 0.05) is 19.8 Å². The normalized spacial score (nSPS) is 10.7. The van der Waals surface area contributed by atoms with Crippen molar-refractivity contribution in [2.45, 2.75) is 0 Å². The molecule has 0 radical (unpaired) electrons. The lowest BCUT2D eigenvalue weighted by atomic mass is 10.2. The molecule has 12 heavy (non-hydrogen) atoms. The molecule has 0 aliphatic rings. The van der Waals surface area contributed by atoms with E-state index in [1.165, 1.54) is 12.1 Å². The van der Waals surface area contributed by atoms with Gasteiger partial charge in [-0.1, -0.05) is 0 Å². The van der Waals surface area contributed by atoms with E-state index in [-0.39, 0.29) is 11.6 Å². The van der Waals surface area contributed by atoms with Crippen molar-refractivity contribution >= 4 is 11.7 Å². The van der Waals surface area contributed by atoms with Gasteiger partial charge >= 0.3 is 5.97 Å². The second-order valence-electron chi connectivity index (χ2n) is 2.66. The number of nitrogens with zero attached hydrogens (tertiary/aromatic N) is 1. The van der Waals surface area contributed by atoms with Crippen LogP contribution in [-0.2, 0) is 0 Å². The van der Waals surface area contributed by atoms with E-state index in [0.29, 0.717) is 5.69 Å². The molecule has 3 heteroatoms. The Morgan fingerprint density at radius 2 is 2.17 bits per heavy atom. The van der Waals surface area contributed by atoms with Crippen molar-refractivity contribution in [1.82, 2.24) is 0 Å². The lowest BCUT2D eigenvalue weighted by Crippen LogP contribution is -2.08. The van der Waals surface area contributed by atoms with E-state index in [0.717, 1.165) is 0 Å². The molecule has 0 heterocycles. The summed E-state index contributed by atoms with van der Waals surface area (Å²) < 4.78 is 7.53. The number of rotatable bonds is 2. The van der Waals surface area contributed by atoms with Crippen molar-refractivity contribution in [3.05, 3.63) is 29.8 Å². The van der Waals surface area contributed by atoms with Crippen molar-refractivity contribution < 1.29 is 11.3 Å². The minimum absolute atomic E-state index is 0.149. The van der Waals surface area contributed by atoms with Gasteiger partial charge in [0.25, 0.3) is 0 Å². The second-order valence-corrected chi connectivity index (χ2v) is 2.66. The molecular weight excluding hydrogens is 154 g/mol. The first-order valence-corrected chi connectivity index (χ1v) is 3.53. The van der Waals surface area contributed by atoms with Gasteiger partial charge in [-0.25, -0.2) is 4.79 Å². The Hall–Kier alpha value is -1.51. The van der Waals surface area contributed by atoms with Gasteiger partial charge in [-0.05, 0) is 24.2 Å². The monoisotopic (exact) mass is 166 g/mol.